The van der Waals surface area contributed by atoms with E-state index in [4.69, 9.17) is 0 Å². The molecular formula is C75H80. The van der Waals surface area contributed by atoms with Crippen LogP contribution in [0.15, 0.2) is 265 Å². The first-order valence-electron chi connectivity index (χ1n) is 27.3. The summed E-state index contributed by atoms with van der Waals surface area (Å²) in [6.45, 7) is 19.1. The second-order valence-electron chi connectivity index (χ2n) is 19.5. The van der Waals surface area contributed by atoms with E-state index in [1.54, 1.807) is 11.1 Å². The summed E-state index contributed by atoms with van der Waals surface area (Å²) in [6.07, 6.45) is 18.6. The third-order valence-electron chi connectivity index (χ3n) is 13.6. The molecule has 0 nitrogen and oxygen atoms in total. The first kappa shape index (κ1) is 56.5. The summed E-state index contributed by atoms with van der Waals surface area (Å²) in [4.78, 5) is 0. The largest absolute Gasteiger partial charge is 0.0842 e. The number of aryl methyl sites for hydroxylation is 6. The van der Waals surface area contributed by atoms with Gasteiger partial charge in [0.1, 0.15) is 0 Å². The Morgan fingerprint density at radius 2 is 0.827 bits per heavy atom. The Kier molecular flexibility index (Phi) is 22.9. The third-order valence-corrected chi connectivity index (χ3v) is 13.6. The minimum atomic E-state index is 1.18. The summed E-state index contributed by atoms with van der Waals surface area (Å²) in [5, 5.41) is 2.62. The van der Waals surface area contributed by atoms with Gasteiger partial charge in [0.2, 0.25) is 0 Å². The highest BCUT2D eigenvalue weighted by Gasteiger charge is 2.09. The molecular weight excluding hydrogens is 901 g/mol. The fraction of sp³-hybridized carbons (Fsp3) is 0.200. The van der Waals surface area contributed by atoms with E-state index in [1.165, 1.54) is 133 Å². The van der Waals surface area contributed by atoms with Crippen molar-refractivity contribution >= 4 is 10.8 Å². The zero-order valence-electron chi connectivity index (χ0n) is 46.4. The van der Waals surface area contributed by atoms with E-state index in [9.17, 15) is 0 Å². The summed E-state index contributed by atoms with van der Waals surface area (Å²) in [6, 6.07) is 77.4. The second-order valence-corrected chi connectivity index (χ2v) is 19.5. The molecule has 0 radical (unpaired) electrons. The first-order chi connectivity index (χ1) is 36.6. The Morgan fingerprint density at radius 3 is 1.33 bits per heavy atom. The average Bonchev–Trinajstić information content (AvgIpc) is 3.47. The summed E-state index contributed by atoms with van der Waals surface area (Å²) in [7, 11) is 0. The van der Waals surface area contributed by atoms with E-state index in [0.717, 1.165) is 0 Å². The van der Waals surface area contributed by atoms with E-state index >= 15 is 0 Å². The number of rotatable bonds is 7. The SMILES string of the molecule is CC.CC1=CC=C(C2=CC=CCC2)CC1.CCCc1ccc(-c2ccccc2)cc1.Cc1ccc(-c2ccc(C)cc2)cc1.Cc1ccc(-c2cccc3ccccc23)cc1.Cc1ccc(-c2ccccc2)cc1C. The highest BCUT2D eigenvalue weighted by Crippen LogP contribution is 2.30. The van der Waals surface area contributed by atoms with E-state index < -0.39 is 0 Å². The van der Waals surface area contributed by atoms with Crippen molar-refractivity contribution in [1.82, 2.24) is 0 Å². The topological polar surface area (TPSA) is 0 Å². The Hall–Kier alpha value is -7.80. The molecule has 9 aromatic rings. The molecule has 0 N–H and O–H groups in total. The molecule has 11 rings (SSSR count). The van der Waals surface area contributed by atoms with E-state index in [1.807, 2.05) is 19.9 Å². The summed E-state index contributed by atoms with van der Waals surface area (Å²) < 4.78 is 0. The molecule has 75 heavy (non-hydrogen) atoms. The van der Waals surface area contributed by atoms with E-state index in [0.29, 0.717) is 0 Å². The molecule has 2 aliphatic carbocycles. The quantitative estimate of drug-likeness (QED) is 0.149. The fourth-order valence-corrected chi connectivity index (χ4v) is 8.92. The lowest BCUT2D eigenvalue weighted by atomic mass is 9.90. The molecule has 380 valence electrons. The summed E-state index contributed by atoms with van der Waals surface area (Å²) in [5.41, 5.74) is 23.0. The van der Waals surface area contributed by atoms with Gasteiger partial charge < -0.3 is 0 Å². The molecule has 0 spiro atoms. The van der Waals surface area contributed by atoms with Gasteiger partial charge >= 0.3 is 0 Å². The molecule has 0 saturated carbocycles. The Labute approximate surface area is 452 Å². The predicted molar refractivity (Wildman–Crippen MR) is 332 cm³/mol. The van der Waals surface area contributed by atoms with Crippen LogP contribution in [0.5, 0.6) is 0 Å². The van der Waals surface area contributed by atoms with Crippen LogP contribution in [0.25, 0.3) is 55.3 Å². The smallest absolute Gasteiger partial charge is 0.0105 e. The van der Waals surface area contributed by atoms with Gasteiger partial charge in [-0.05, 0) is 157 Å². The minimum Gasteiger partial charge on any atom is -0.0842 e. The molecule has 2 aliphatic rings. The van der Waals surface area contributed by atoms with Gasteiger partial charge in [0.15, 0.2) is 0 Å². The van der Waals surface area contributed by atoms with Crippen LogP contribution < -0.4 is 0 Å². The fourth-order valence-electron chi connectivity index (χ4n) is 8.92. The van der Waals surface area contributed by atoms with Gasteiger partial charge in [-0.15, -0.1) is 0 Å². The molecule has 0 heterocycles. The number of fused-ring (bicyclic) bond motifs is 1. The van der Waals surface area contributed by atoms with Gasteiger partial charge in [-0.2, -0.15) is 0 Å². The van der Waals surface area contributed by atoms with Crippen LogP contribution in [0.2, 0.25) is 0 Å². The van der Waals surface area contributed by atoms with E-state index in [2.05, 4.69) is 291 Å². The van der Waals surface area contributed by atoms with Gasteiger partial charge in [0.05, 0.1) is 0 Å². The molecule has 0 aliphatic heterocycles. The lowest BCUT2D eigenvalue weighted by molar-refractivity contribution is 0.870. The molecule has 0 fully saturated rings. The molecule has 0 aromatic heterocycles. The number of hydrogen-bond acceptors (Lipinski definition) is 0. The molecule has 9 aromatic carbocycles. The van der Waals surface area contributed by atoms with Crippen molar-refractivity contribution in [3.05, 3.63) is 299 Å². The van der Waals surface area contributed by atoms with Gasteiger partial charge in [-0.25, -0.2) is 0 Å². The standard InChI is InChI=1S/C17H14.C15H16.2C14H14.C13H16.C2H6/c1-13-9-11-15(12-10-13)17-8-4-6-14-5-2-3-7-16(14)17;1-2-6-13-9-11-15(12-10-13)14-7-4-3-5-8-14;1-11-3-7-13(8-4-11)14-9-5-12(2)6-10-14;1-11-8-9-14(10-12(11)2)13-6-4-3-5-7-13;1-11-7-9-13(10-8-11)12-5-3-2-4-6-12;1-2/h2-12H,1H3;3-5,7-12H,2,6H2,1H3;2*3-10H,1-2H3;2-3,5,7,9H,4,6,8,10H2,1H3;1-2H3. The Bertz CT molecular complexity index is 3160. The van der Waals surface area contributed by atoms with Crippen LogP contribution in [0, 0.1) is 34.6 Å². The van der Waals surface area contributed by atoms with Crippen molar-refractivity contribution in [2.45, 2.75) is 101 Å². The van der Waals surface area contributed by atoms with Crippen LogP contribution >= 0.6 is 0 Å². The number of hydrogen-bond donors (Lipinski definition) is 0. The third kappa shape index (κ3) is 18.0. The van der Waals surface area contributed by atoms with Crippen molar-refractivity contribution in [2.75, 3.05) is 0 Å². The molecule has 0 saturated heterocycles. The zero-order valence-corrected chi connectivity index (χ0v) is 46.4. The summed E-state index contributed by atoms with van der Waals surface area (Å²) >= 11 is 0. The second kappa shape index (κ2) is 30.4. The number of allylic oxidation sites excluding steroid dienone is 8. The van der Waals surface area contributed by atoms with Crippen molar-refractivity contribution in [2.24, 2.45) is 0 Å². The molecule has 0 heteroatoms. The summed E-state index contributed by atoms with van der Waals surface area (Å²) in [5.74, 6) is 0. The van der Waals surface area contributed by atoms with Crippen LogP contribution in [0.1, 0.15) is 93.2 Å². The molecule has 0 atom stereocenters. The zero-order chi connectivity index (χ0) is 53.2. The van der Waals surface area contributed by atoms with Crippen LogP contribution in [-0.4, -0.2) is 0 Å². The molecule has 0 amide bonds. The Morgan fingerprint density at radius 1 is 0.360 bits per heavy atom. The lowest BCUT2D eigenvalue weighted by Crippen LogP contribution is -1.96. The first-order valence-corrected chi connectivity index (χ1v) is 27.3. The normalized spacial score (nSPS) is 12.1. The lowest BCUT2D eigenvalue weighted by Gasteiger charge is -2.16. The maximum Gasteiger partial charge on any atom is -0.0105 e. The van der Waals surface area contributed by atoms with Gasteiger partial charge in [-0.3, -0.25) is 0 Å². The molecule has 0 bridgehead atoms. The van der Waals surface area contributed by atoms with Crippen molar-refractivity contribution < 1.29 is 0 Å². The van der Waals surface area contributed by atoms with Gasteiger partial charge in [0, 0.05) is 0 Å². The maximum atomic E-state index is 2.30. The monoisotopic (exact) mass is 981 g/mol. The average molecular weight is 981 g/mol. The predicted octanol–water partition coefficient (Wildman–Crippen LogP) is 22.0. The van der Waals surface area contributed by atoms with Gasteiger partial charge in [0.25, 0.3) is 0 Å². The highest BCUT2D eigenvalue weighted by molar-refractivity contribution is 5.96. The van der Waals surface area contributed by atoms with E-state index in [-0.39, 0.29) is 0 Å². The van der Waals surface area contributed by atoms with Gasteiger partial charge in [-0.1, -0.05) is 298 Å². The van der Waals surface area contributed by atoms with Crippen molar-refractivity contribution in [3.8, 4) is 44.5 Å². The number of benzene rings is 9. The maximum absolute atomic E-state index is 2.30. The highest BCUT2D eigenvalue weighted by atomic mass is 14.1. The minimum absolute atomic E-state index is 1.18. The molecule has 0 unspecified atom stereocenters. The van der Waals surface area contributed by atoms with Crippen molar-refractivity contribution in [3.63, 3.8) is 0 Å². The van der Waals surface area contributed by atoms with Crippen LogP contribution in [-0.2, 0) is 6.42 Å². The van der Waals surface area contributed by atoms with Crippen LogP contribution in [0.3, 0.4) is 0 Å². The van der Waals surface area contributed by atoms with Crippen LogP contribution in [0.4, 0.5) is 0 Å². The Balaban J connectivity index is 0.000000151. The van der Waals surface area contributed by atoms with Crippen molar-refractivity contribution in [1.29, 1.82) is 0 Å².